The van der Waals surface area contributed by atoms with Gasteiger partial charge in [-0.15, -0.1) is 21.5 Å². The molecule has 0 saturated carbocycles. The Hall–Kier alpha value is -2.12. The quantitative estimate of drug-likeness (QED) is 0.703. The number of nitrogens with zero attached hydrogens (tertiary/aromatic N) is 2. The van der Waals surface area contributed by atoms with Crippen molar-refractivity contribution in [2.75, 3.05) is 5.75 Å². The molecule has 3 aromatic rings. The molecule has 0 saturated heterocycles. The molecule has 0 aliphatic heterocycles. The summed E-state index contributed by atoms with van der Waals surface area (Å²) >= 11 is 2.98. The molecule has 0 radical (unpaired) electrons. The molecule has 0 atom stereocenters. The molecule has 1 amide bonds. The van der Waals surface area contributed by atoms with Crippen LogP contribution in [0.1, 0.15) is 5.76 Å². The van der Waals surface area contributed by atoms with E-state index in [9.17, 15) is 4.79 Å². The summed E-state index contributed by atoms with van der Waals surface area (Å²) in [4.78, 5) is 12.8. The lowest BCUT2D eigenvalue weighted by atomic mass is 10.3. The third-order valence-corrected chi connectivity index (χ3v) is 4.62. The number of furan rings is 1. The van der Waals surface area contributed by atoms with Gasteiger partial charge in [-0.3, -0.25) is 4.79 Å². The number of hydrogen-bond acceptors (Lipinski definition) is 6. The maximum atomic E-state index is 11.7. The Labute approximate surface area is 135 Å². The van der Waals surface area contributed by atoms with Crippen molar-refractivity contribution in [2.45, 2.75) is 11.6 Å². The van der Waals surface area contributed by atoms with Crippen LogP contribution < -0.4 is 5.32 Å². The average Bonchev–Trinajstić information content (AvgIpc) is 3.24. The molecule has 3 aromatic heterocycles. The molecule has 0 bridgehead atoms. The first-order valence-corrected chi connectivity index (χ1v) is 8.47. The standard InChI is InChI=1S/C15H13N3O2S2/c19-14(16-9-11-3-1-7-20-11)10-22-15-6-5-12(17-18-15)13-4-2-8-21-13/h1-8H,9-10H2,(H,16,19). The van der Waals surface area contributed by atoms with Crippen molar-refractivity contribution >= 4 is 29.0 Å². The Balaban J connectivity index is 1.48. The lowest BCUT2D eigenvalue weighted by molar-refractivity contribution is -0.118. The highest BCUT2D eigenvalue weighted by Gasteiger charge is 2.06. The van der Waals surface area contributed by atoms with Crippen molar-refractivity contribution in [1.29, 1.82) is 0 Å². The molecule has 0 spiro atoms. The molecule has 0 unspecified atom stereocenters. The van der Waals surface area contributed by atoms with Gasteiger partial charge in [0.2, 0.25) is 5.91 Å². The summed E-state index contributed by atoms with van der Waals surface area (Å²) in [6.07, 6.45) is 1.58. The fourth-order valence-corrected chi connectivity index (χ4v) is 3.08. The molecule has 7 heteroatoms. The molecule has 22 heavy (non-hydrogen) atoms. The Morgan fingerprint density at radius 1 is 1.23 bits per heavy atom. The van der Waals surface area contributed by atoms with Crippen LogP contribution in [-0.4, -0.2) is 21.9 Å². The number of thioether (sulfide) groups is 1. The van der Waals surface area contributed by atoms with Gasteiger partial charge in [0.15, 0.2) is 0 Å². The van der Waals surface area contributed by atoms with E-state index in [1.165, 1.54) is 11.8 Å². The van der Waals surface area contributed by atoms with Crippen molar-refractivity contribution in [2.24, 2.45) is 0 Å². The van der Waals surface area contributed by atoms with E-state index < -0.39 is 0 Å². The van der Waals surface area contributed by atoms with Crippen LogP contribution in [0.25, 0.3) is 10.6 Å². The van der Waals surface area contributed by atoms with Crippen LogP contribution in [0.15, 0.2) is 57.5 Å². The molecule has 0 aromatic carbocycles. The highest BCUT2D eigenvalue weighted by molar-refractivity contribution is 7.99. The number of amides is 1. The minimum atomic E-state index is -0.0643. The van der Waals surface area contributed by atoms with Crippen molar-refractivity contribution in [3.63, 3.8) is 0 Å². The number of rotatable bonds is 6. The van der Waals surface area contributed by atoms with Crippen LogP contribution in [0.5, 0.6) is 0 Å². The van der Waals surface area contributed by atoms with Gasteiger partial charge in [-0.25, -0.2) is 0 Å². The van der Waals surface area contributed by atoms with Gasteiger partial charge in [0.1, 0.15) is 16.5 Å². The van der Waals surface area contributed by atoms with Crippen LogP contribution in [0.2, 0.25) is 0 Å². The maximum Gasteiger partial charge on any atom is 0.230 e. The number of nitrogens with one attached hydrogen (secondary N) is 1. The Kier molecular flexibility index (Phi) is 4.87. The summed E-state index contributed by atoms with van der Waals surface area (Å²) in [6, 6.07) is 11.4. The fraction of sp³-hybridized carbons (Fsp3) is 0.133. The van der Waals surface area contributed by atoms with E-state index in [1.54, 1.807) is 23.7 Å². The Morgan fingerprint density at radius 3 is 2.86 bits per heavy atom. The number of carbonyl (C=O) groups is 1. The van der Waals surface area contributed by atoms with E-state index in [-0.39, 0.29) is 5.91 Å². The van der Waals surface area contributed by atoms with E-state index in [4.69, 9.17) is 4.42 Å². The summed E-state index contributed by atoms with van der Waals surface area (Å²) in [6.45, 7) is 0.398. The van der Waals surface area contributed by atoms with Crippen LogP contribution >= 0.6 is 23.1 Å². The zero-order chi connectivity index (χ0) is 15.2. The predicted molar refractivity (Wildman–Crippen MR) is 86.6 cm³/mol. The molecule has 112 valence electrons. The molecule has 0 aliphatic rings. The minimum absolute atomic E-state index is 0.0643. The zero-order valence-electron chi connectivity index (χ0n) is 11.6. The lowest BCUT2D eigenvalue weighted by Gasteiger charge is -2.03. The highest BCUT2D eigenvalue weighted by Crippen LogP contribution is 2.23. The summed E-state index contributed by atoms with van der Waals surface area (Å²) in [5.41, 5.74) is 0.849. The van der Waals surface area contributed by atoms with E-state index >= 15 is 0 Å². The average molecular weight is 331 g/mol. The summed E-state index contributed by atoms with van der Waals surface area (Å²) in [5, 5.41) is 13.8. The first kappa shape index (κ1) is 14.8. The Morgan fingerprint density at radius 2 is 2.18 bits per heavy atom. The van der Waals surface area contributed by atoms with E-state index in [1.807, 2.05) is 35.7 Å². The van der Waals surface area contributed by atoms with Crippen molar-refractivity contribution in [1.82, 2.24) is 15.5 Å². The van der Waals surface area contributed by atoms with Gasteiger partial charge in [0.05, 0.1) is 23.4 Å². The molecule has 5 nitrogen and oxygen atoms in total. The zero-order valence-corrected chi connectivity index (χ0v) is 13.2. The summed E-state index contributed by atoms with van der Waals surface area (Å²) in [7, 11) is 0. The predicted octanol–water partition coefficient (Wildman–Crippen LogP) is 3.21. The van der Waals surface area contributed by atoms with Crippen LogP contribution in [0.4, 0.5) is 0 Å². The lowest BCUT2D eigenvalue weighted by Crippen LogP contribution is -2.24. The Bertz CT molecular complexity index is 710. The fourth-order valence-electron chi connectivity index (χ4n) is 1.74. The van der Waals surface area contributed by atoms with E-state index in [2.05, 4.69) is 15.5 Å². The maximum absolute atomic E-state index is 11.7. The second-order valence-electron chi connectivity index (χ2n) is 4.38. The molecule has 3 rings (SSSR count). The second kappa shape index (κ2) is 7.24. The SMILES string of the molecule is O=C(CSc1ccc(-c2cccs2)nn1)NCc1ccco1. The normalized spacial score (nSPS) is 10.5. The van der Waals surface area contributed by atoms with E-state index in [0.717, 1.165) is 21.4 Å². The van der Waals surface area contributed by atoms with Crippen molar-refractivity contribution in [3.8, 4) is 10.6 Å². The second-order valence-corrected chi connectivity index (χ2v) is 6.32. The minimum Gasteiger partial charge on any atom is -0.467 e. The largest absolute Gasteiger partial charge is 0.467 e. The first-order chi connectivity index (χ1) is 10.8. The van der Waals surface area contributed by atoms with Gasteiger partial charge in [-0.2, -0.15) is 0 Å². The molecule has 0 fully saturated rings. The van der Waals surface area contributed by atoms with Gasteiger partial charge in [-0.05, 0) is 35.7 Å². The molecular formula is C15H13N3O2S2. The summed E-state index contributed by atoms with van der Waals surface area (Å²) in [5.74, 6) is 0.970. The van der Waals surface area contributed by atoms with Crippen molar-refractivity contribution < 1.29 is 9.21 Å². The number of hydrogen-bond donors (Lipinski definition) is 1. The van der Waals surface area contributed by atoms with Gasteiger partial charge in [-0.1, -0.05) is 17.8 Å². The van der Waals surface area contributed by atoms with Crippen LogP contribution in [-0.2, 0) is 11.3 Å². The van der Waals surface area contributed by atoms with Crippen LogP contribution in [0.3, 0.4) is 0 Å². The van der Waals surface area contributed by atoms with Crippen molar-refractivity contribution in [3.05, 3.63) is 53.8 Å². The third-order valence-electron chi connectivity index (χ3n) is 2.80. The first-order valence-electron chi connectivity index (χ1n) is 6.61. The van der Waals surface area contributed by atoms with E-state index in [0.29, 0.717) is 12.3 Å². The molecule has 3 heterocycles. The van der Waals surface area contributed by atoms with Gasteiger partial charge in [0.25, 0.3) is 0 Å². The smallest absolute Gasteiger partial charge is 0.230 e. The molecular weight excluding hydrogens is 318 g/mol. The summed E-state index contributed by atoms with van der Waals surface area (Å²) < 4.78 is 5.15. The highest BCUT2D eigenvalue weighted by atomic mass is 32.2. The third kappa shape index (κ3) is 3.96. The monoisotopic (exact) mass is 331 g/mol. The number of carbonyl (C=O) groups excluding carboxylic acids is 1. The number of thiophene rings is 1. The van der Waals surface area contributed by atoms with Gasteiger partial charge < -0.3 is 9.73 Å². The van der Waals surface area contributed by atoms with Gasteiger partial charge >= 0.3 is 0 Å². The topological polar surface area (TPSA) is 68.0 Å². The molecule has 1 N–H and O–H groups in total. The van der Waals surface area contributed by atoms with Crippen LogP contribution in [0, 0.1) is 0 Å². The molecule has 0 aliphatic carbocycles. The number of aromatic nitrogens is 2. The van der Waals surface area contributed by atoms with Gasteiger partial charge in [0, 0.05) is 0 Å².